The first kappa shape index (κ1) is 29.4. The molecule has 44 heavy (non-hydrogen) atoms. The highest BCUT2D eigenvalue weighted by molar-refractivity contribution is 6.35. The summed E-state index contributed by atoms with van der Waals surface area (Å²) in [6.45, 7) is 0.220. The van der Waals surface area contributed by atoms with E-state index in [9.17, 15) is 23.5 Å². The molecule has 0 radical (unpaired) electrons. The lowest BCUT2D eigenvalue weighted by molar-refractivity contribution is -0.120. The molecule has 0 bridgehead atoms. The van der Waals surface area contributed by atoms with Crippen molar-refractivity contribution in [3.8, 4) is 22.6 Å². The van der Waals surface area contributed by atoms with Crippen LogP contribution in [0.2, 0.25) is 5.02 Å². The number of nitrogens with zero attached hydrogens (tertiary/aromatic N) is 4. The number of hydrogen-bond donors (Lipinski definition) is 1. The molecule has 9 nitrogen and oxygen atoms in total. The van der Waals surface area contributed by atoms with Crippen LogP contribution >= 0.6 is 11.6 Å². The molecule has 2 aliphatic heterocycles. The number of carbonyl (C=O) groups is 2. The van der Waals surface area contributed by atoms with Gasteiger partial charge in [0.1, 0.15) is 29.7 Å². The van der Waals surface area contributed by atoms with Crippen molar-refractivity contribution in [2.75, 3.05) is 43.6 Å². The van der Waals surface area contributed by atoms with Crippen molar-refractivity contribution in [3.05, 3.63) is 76.7 Å². The quantitative estimate of drug-likeness (QED) is 0.266. The summed E-state index contributed by atoms with van der Waals surface area (Å²) in [6.07, 6.45) is -2.77. The largest absolute Gasteiger partial charge is 0.497 e. The zero-order valence-electron chi connectivity index (χ0n) is 23.6. The van der Waals surface area contributed by atoms with E-state index in [1.807, 2.05) is 0 Å². The summed E-state index contributed by atoms with van der Waals surface area (Å²) in [6, 6.07) is 11.7. The van der Waals surface area contributed by atoms with E-state index in [-0.39, 0.29) is 65.0 Å². The van der Waals surface area contributed by atoms with E-state index in [0.29, 0.717) is 17.1 Å². The molecular formula is C31H26ClF3N4O5. The summed E-state index contributed by atoms with van der Waals surface area (Å²) in [4.78, 5) is 33.3. The average Bonchev–Trinajstić information content (AvgIpc) is 3.02. The number of hydrogen-bond acceptors (Lipinski definition) is 6. The number of piperazine rings is 1. The molecule has 0 aliphatic carbocycles. The average molecular weight is 627 g/mol. The SMILES string of the molecule is COc1ccc(COc2cccc(C(F)F)c2-c2c(Cl)cc3c4c(cnc3c2F)N(C)C(=O)[C@H]2CN(C(=O)O)CCN42)cc1. The fraction of sp³-hybridized carbons (Fsp3) is 0.258. The van der Waals surface area contributed by atoms with Crippen LogP contribution in [0.5, 0.6) is 11.5 Å². The van der Waals surface area contributed by atoms with E-state index in [2.05, 4.69) is 4.98 Å². The number of amides is 2. The maximum absolute atomic E-state index is 16.6. The van der Waals surface area contributed by atoms with Crippen LogP contribution in [-0.4, -0.2) is 66.8 Å². The van der Waals surface area contributed by atoms with Gasteiger partial charge in [0.05, 0.1) is 36.2 Å². The Kier molecular flexibility index (Phi) is 7.62. The molecule has 0 saturated carbocycles. The Balaban J connectivity index is 1.48. The van der Waals surface area contributed by atoms with Gasteiger partial charge in [-0.25, -0.2) is 18.0 Å². The molecule has 13 heteroatoms. The highest BCUT2D eigenvalue weighted by Crippen LogP contribution is 2.48. The highest BCUT2D eigenvalue weighted by atomic mass is 35.5. The van der Waals surface area contributed by atoms with Gasteiger partial charge in [-0.15, -0.1) is 0 Å². The molecular weight excluding hydrogens is 601 g/mol. The van der Waals surface area contributed by atoms with Crippen LogP contribution in [0.1, 0.15) is 17.6 Å². The monoisotopic (exact) mass is 626 g/mol. The van der Waals surface area contributed by atoms with Crippen LogP contribution in [0.4, 0.5) is 29.3 Å². The number of anilines is 2. The van der Waals surface area contributed by atoms with E-state index in [0.717, 1.165) is 10.5 Å². The number of benzene rings is 3. The van der Waals surface area contributed by atoms with E-state index < -0.39 is 29.9 Å². The molecule has 1 aromatic heterocycles. The lowest BCUT2D eigenvalue weighted by Crippen LogP contribution is -2.62. The van der Waals surface area contributed by atoms with E-state index >= 15 is 4.39 Å². The fourth-order valence-electron chi connectivity index (χ4n) is 5.80. The Morgan fingerprint density at radius 3 is 2.59 bits per heavy atom. The maximum atomic E-state index is 16.6. The van der Waals surface area contributed by atoms with Gasteiger partial charge in [-0.05, 0) is 29.8 Å². The topological polar surface area (TPSA) is 95.4 Å². The van der Waals surface area contributed by atoms with Gasteiger partial charge < -0.3 is 29.3 Å². The smallest absolute Gasteiger partial charge is 0.407 e. The van der Waals surface area contributed by atoms with Crippen molar-refractivity contribution in [3.63, 3.8) is 0 Å². The number of carboxylic acid groups (broad SMARTS) is 1. The lowest BCUT2D eigenvalue weighted by atomic mass is 9.95. The molecule has 1 atom stereocenters. The van der Waals surface area contributed by atoms with Crippen LogP contribution in [0.15, 0.2) is 54.7 Å². The Labute approximate surface area is 255 Å². The predicted molar refractivity (Wildman–Crippen MR) is 159 cm³/mol. The summed E-state index contributed by atoms with van der Waals surface area (Å²) < 4.78 is 56.4. The minimum Gasteiger partial charge on any atom is -0.497 e. The van der Waals surface area contributed by atoms with Gasteiger partial charge in [-0.2, -0.15) is 0 Å². The van der Waals surface area contributed by atoms with Crippen molar-refractivity contribution >= 4 is 45.9 Å². The zero-order valence-corrected chi connectivity index (χ0v) is 24.3. The van der Waals surface area contributed by atoms with Crippen LogP contribution in [0.3, 0.4) is 0 Å². The second kappa shape index (κ2) is 11.4. The second-order valence-electron chi connectivity index (χ2n) is 10.4. The number of fused-ring (bicyclic) bond motifs is 5. The maximum Gasteiger partial charge on any atom is 0.407 e. The third-order valence-electron chi connectivity index (χ3n) is 8.02. The van der Waals surface area contributed by atoms with Gasteiger partial charge in [-0.1, -0.05) is 35.9 Å². The molecule has 6 rings (SSSR count). The number of methoxy groups -OCH3 is 1. The summed E-state index contributed by atoms with van der Waals surface area (Å²) in [5.41, 5.74) is 0.481. The van der Waals surface area contributed by atoms with Crippen LogP contribution in [0.25, 0.3) is 22.0 Å². The van der Waals surface area contributed by atoms with E-state index in [1.165, 1.54) is 49.5 Å². The minimum atomic E-state index is -2.97. The summed E-state index contributed by atoms with van der Waals surface area (Å²) in [5, 5.41) is 9.61. The molecule has 3 aromatic carbocycles. The summed E-state index contributed by atoms with van der Waals surface area (Å²) >= 11 is 6.72. The van der Waals surface area contributed by atoms with E-state index in [1.54, 1.807) is 29.2 Å². The van der Waals surface area contributed by atoms with Crippen LogP contribution in [-0.2, 0) is 11.4 Å². The normalized spacial score (nSPS) is 16.3. The number of likely N-dealkylation sites (N-methyl/N-ethyl adjacent to an activating group) is 1. The molecule has 228 valence electrons. The molecule has 1 N–H and O–H groups in total. The van der Waals surface area contributed by atoms with Crippen molar-refractivity contribution in [1.82, 2.24) is 9.88 Å². The standard InChI is InChI=1S/C31H26ClF3N4O5/c1-37-21-13-36-27-19(28(21)39-11-10-38(31(41)42)14-22(39)30(37)40)12-20(32)25(26(27)33)24-18(29(34)35)4-3-5-23(24)44-15-16-6-8-17(43-2)9-7-16/h3-9,12-13,22,29H,10-11,14-15H2,1-2H3,(H,41,42)/t22-/m1/s1. The first-order chi connectivity index (χ1) is 21.1. The molecule has 2 amide bonds. The summed E-state index contributed by atoms with van der Waals surface area (Å²) in [5.74, 6) is -0.623. The van der Waals surface area contributed by atoms with Gasteiger partial charge >= 0.3 is 6.09 Å². The predicted octanol–water partition coefficient (Wildman–Crippen LogP) is 6.36. The first-order valence-corrected chi connectivity index (χ1v) is 14.0. The minimum absolute atomic E-state index is 0.00629. The Morgan fingerprint density at radius 2 is 1.91 bits per heavy atom. The third-order valence-corrected chi connectivity index (χ3v) is 8.32. The van der Waals surface area contributed by atoms with Gasteiger partial charge in [-0.3, -0.25) is 9.78 Å². The molecule has 0 spiro atoms. The number of carbonyl (C=O) groups excluding carboxylic acids is 1. The van der Waals surface area contributed by atoms with Gasteiger partial charge in [0.15, 0.2) is 5.82 Å². The number of alkyl halides is 2. The summed E-state index contributed by atoms with van der Waals surface area (Å²) in [7, 11) is 3.07. The number of ether oxygens (including phenoxy) is 2. The first-order valence-electron chi connectivity index (χ1n) is 13.6. The molecule has 0 unspecified atom stereocenters. The Morgan fingerprint density at radius 1 is 1.16 bits per heavy atom. The van der Waals surface area contributed by atoms with Crippen molar-refractivity contribution in [2.24, 2.45) is 0 Å². The molecule has 1 fully saturated rings. The van der Waals surface area contributed by atoms with Crippen molar-refractivity contribution in [1.29, 1.82) is 0 Å². The van der Waals surface area contributed by atoms with Crippen molar-refractivity contribution < 1.29 is 37.3 Å². The number of aromatic nitrogens is 1. The highest BCUT2D eigenvalue weighted by Gasteiger charge is 2.43. The fourth-order valence-corrected chi connectivity index (χ4v) is 6.08. The van der Waals surface area contributed by atoms with Crippen LogP contribution in [0, 0.1) is 5.82 Å². The zero-order chi connectivity index (χ0) is 31.3. The molecule has 4 aromatic rings. The second-order valence-corrected chi connectivity index (χ2v) is 10.8. The lowest BCUT2D eigenvalue weighted by Gasteiger charge is -2.46. The van der Waals surface area contributed by atoms with Gasteiger partial charge in [0.25, 0.3) is 12.3 Å². The molecule has 1 saturated heterocycles. The number of halogens is 4. The Bertz CT molecular complexity index is 1790. The number of pyridine rings is 1. The van der Waals surface area contributed by atoms with Crippen molar-refractivity contribution in [2.45, 2.75) is 19.1 Å². The molecule has 2 aliphatic rings. The Hall–Kier alpha value is -4.71. The van der Waals surface area contributed by atoms with Gasteiger partial charge in [0.2, 0.25) is 0 Å². The number of rotatable bonds is 6. The van der Waals surface area contributed by atoms with E-state index in [4.69, 9.17) is 21.1 Å². The third kappa shape index (κ3) is 4.88. The molecule has 3 heterocycles. The van der Waals surface area contributed by atoms with Gasteiger partial charge in [0, 0.05) is 42.2 Å². The van der Waals surface area contributed by atoms with Crippen LogP contribution < -0.4 is 19.3 Å².